The SMILES string of the molecule is CC(=O)N(C(C)C)C1(C(=O)O)CCCS(=O)(=O)C1. The van der Waals surface area contributed by atoms with Crippen LogP contribution < -0.4 is 0 Å². The standard InChI is InChI=1S/C11H19NO5S/c1-8(2)12(9(3)13)11(10(14)15)5-4-6-18(16,17)7-11/h8H,4-7H2,1-3H3,(H,14,15). The smallest absolute Gasteiger partial charge is 0.330 e. The van der Waals surface area contributed by atoms with Gasteiger partial charge in [-0.2, -0.15) is 0 Å². The fraction of sp³-hybridized carbons (Fsp3) is 0.818. The van der Waals surface area contributed by atoms with Gasteiger partial charge in [0.2, 0.25) is 5.91 Å². The second-order valence-corrected chi connectivity index (χ2v) is 7.20. The lowest BCUT2D eigenvalue weighted by Crippen LogP contribution is -2.64. The van der Waals surface area contributed by atoms with Gasteiger partial charge in [-0.3, -0.25) is 4.79 Å². The number of nitrogens with zero attached hydrogens (tertiary/aromatic N) is 1. The summed E-state index contributed by atoms with van der Waals surface area (Å²) in [4.78, 5) is 24.4. The van der Waals surface area contributed by atoms with Crippen LogP contribution in [0.5, 0.6) is 0 Å². The summed E-state index contributed by atoms with van der Waals surface area (Å²) in [6.45, 7) is 4.65. The van der Waals surface area contributed by atoms with E-state index in [0.717, 1.165) is 0 Å². The fourth-order valence-electron chi connectivity index (χ4n) is 2.71. The van der Waals surface area contributed by atoms with Crippen molar-refractivity contribution in [3.05, 3.63) is 0 Å². The van der Waals surface area contributed by atoms with Crippen molar-refractivity contribution >= 4 is 21.7 Å². The molecule has 1 aliphatic heterocycles. The molecule has 7 heteroatoms. The van der Waals surface area contributed by atoms with E-state index in [1.165, 1.54) is 11.8 Å². The molecule has 0 aromatic carbocycles. The summed E-state index contributed by atoms with van der Waals surface area (Å²) in [5, 5.41) is 9.43. The number of carbonyl (C=O) groups is 2. The van der Waals surface area contributed by atoms with Gasteiger partial charge in [-0.1, -0.05) is 0 Å². The third-order valence-corrected chi connectivity index (χ3v) is 5.05. The summed E-state index contributed by atoms with van der Waals surface area (Å²) in [6.07, 6.45) is 0.449. The van der Waals surface area contributed by atoms with Crippen LogP contribution in [-0.4, -0.2) is 53.4 Å². The molecular formula is C11H19NO5S. The summed E-state index contributed by atoms with van der Waals surface area (Å²) in [5.74, 6) is -2.15. The number of sulfone groups is 1. The molecule has 1 atom stereocenters. The first kappa shape index (κ1) is 14.9. The van der Waals surface area contributed by atoms with Crippen LogP contribution in [0.25, 0.3) is 0 Å². The maximum Gasteiger partial charge on any atom is 0.330 e. The van der Waals surface area contributed by atoms with Gasteiger partial charge in [-0.05, 0) is 26.7 Å². The molecule has 0 aromatic rings. The number of carboxylic acids is 1. The number of hydrogen-bond donors (Lipinski definition) is 1. The van der Waals surface area contributed by atoms with Gasteiger partial charge >= 0.3 is 5.97 Å². The molecule has 1 aliphatic rings. The molecule has 6 nitrogen and oxygen atoms in total. The zero-order valence-corrected chi connectivity index (χ0v) is 11.7. The van der Waals surface area contributed by atoms with Crippen LogP contribution in [0.1, 0.15) is 33.6 Å². The fourth-order valence-corrected chi connectivity index (χ4v) is 4.58. The Labute approximate surface area is 107 Å². The highest BCUT2D eigenvalue weighted by Gasteiger charge is 2.51. The van der Waals surface area contributed by atoms with Gasteiger partial charge in [0.05, 0.1) is 11.5 Å². The molecule has 1 heterocycles. The van der Waals surface area contributed by atoms with Crippen LogP contribution in [0.4, 0.5) is 0 Å². The lowest BCUT2D eigenvalue weighted by molar-refractivity contribution is -0.160. The van der Waals surface area contributed by atoms with Crippen LogP contribution in [0.15, 0.2) is 0 Å². The molecule has 0 spiro atoms. The number of carbonyl (C=O) groups excluding carboxylic acids is 1. The lowest BCUT2D eigenvalue weighted by atomic mass is 9.91. The minimum Gasteiger partial charge on any atom is -0.479 e. The zero-order chi connectivity index (χ0) is 14.1. The van der Waals surface area contributed by atoms with Crippen LogP contribution in [-0.2, 0) is 19.4 Å². The van der Waals surface area contributed by atoms with Crippen molar-refractivity contribution in [1.29, 1.82) is 0 Å². The summed E-state index contributed by atoms with van der Waals surface area (Å²) in [7, 11) is -3.42. The number of carboxylic acid groups (broad SMARTS) is 1. The van der Waals surface area contributed by atoms with E-state index in [9.17, 15) is 23.1 Å². The minimum absolute atomic E-state index is 0.00807. The predicted molar refractivity (Wildman–Crippen MR) is 65.9 cm³/mol. The van der Waals surface area contributed by atoms with E-state index in [4.69, 9.17) is 0 Å². The Hall–Kier alpha value is -1.11. The van der Waals surface area contributed by atoms with Crippen molar-refractivity contribution in [3.8, 4) is 0 Å². The lowest BCUT2D eigenvalue weighted by Gasteiger charge is -2.44. The van der Waals surface area contributed by atoms with Gasteiger partial charge in [-0.15, -0.1) is 0 Å². The molecule has 1 N–H and O–H groups in total. The largest absolute Gasteiger partial charge is 0.479 e. The summed E-state index contributed by atoms with van der Waals surface area (Å²) < 4.78 is 23.4. The molecule has 1 unspecified atom stereocenters. The van der Waals surface area contributed by atoms with E-state index in [1.54, 1.807) is 13.8 Å². The number of rotatable bonds is 3. The highest BCUT2D eigenvalue weighted by Crippen LogP contribution is 2.31. The third kappa shape index (κ3) is 2.66. The maximum atomic E-state index is 11.7. The summed E-state index contributed by atoms with van der Waals surface area (Å²) in [5.41, 5.74) is -1.61. The van der Waals surface area contributed by atoms with Crippen molar-refractivity contribution in [2.45, 2.75) is 45.2 Å². The molecule has 104 valence electrons. The van der Waals surface area contributed by atoms with E-state index < -0.39 is 33.0 Å². The summed E-state index contributed by atoms with van der Waals surface area (Å²) >= 11 is 0. The number of aliphatic carboxylic acids is 1. The Morgan fingerprint density at radius 2 is 1.89 bits per heavy atom. The molecule has 0 bridgehead atoms. The minimum atomic E-state index is -3.42. The average Bonchev–Trinajstić information content (AvgIpc) is 2.13. The first-order valence-corrected chi connectivity index (χ1v) is 7.68. The van der Waals surface area contributed by atoms with Crippen molar-refractivity contribution in [2.24, 2.45) is 0 Å². The van der Waals surface area contributed by atoms with Crippen LogP contribution in [0.3, 0.4) is 0 Å². The maximum absolute atomic E-state index is 11.7. The summed E-state index contributed by atoms with van der Waals surface area (Å²) in [6, 6.07) is -0.355. The van der Waals surface area contributed by atoms with Gasteiger partial charge in [0.1, 0.15) is 0 Å². The van der Waals surface area contributed by atoms with Crippen LogP contribution in [0.2, 0.25) is 0 Å². The van der Waals surface area contributed by atoms with Gasteiger partial charge in [0.25, 0.3) is 0 Å². The Balaban J connectivity index is 3.30. The van der Waals surface area contributed by atoms with Crippen LogP contribution >= 0.6 is 0 Å². The molecule has 1 fully saturated rings. The van der Waals surface area contributed by atoms with Gasteiger partial charge in [0, 0.05) is 13.0 Å². The third-order valence-electron chi connectivity index (χ3n) is 3.22. The van der Waals surface area contributed by atoms with Gasteiger partial charge in [0.15, 0.2) is 15.4 Å². The van der Waals surface area contributed by atoms with E-state index >= 15 is 0 Å². The molecule has 1 saturated heterocycles. The Kier molecular flexibility index (Phi) is 4.05. The Morgan fingerprint density at radius 1 is 1.33 bits per heavy atom. The molecule has 1 rings (SSSR count). The van der Waals surface area contributed by atoms with E-state index in [1.807, 2.05) is 0 Å². The Morgan fingerprint density at radius 3 is 2.22 bits per heavy atom. The second-order valence-electron chi connectivity index (χ2n) is 5.02. The number of amides is 1. The zero-order valence-electron chi connectivity index (χ0n) is 10.8. The molecule has 18 heavy (non-hydrogen) atoms. The Bertz CT molecular complexity index is 456. The van der Waals surface area contributed by atoms with Crippen molar-refractivity contribution in [2.75, 3.05) is 11.5 Å². The van der Waals surface area contributed by atoms with Crippen LogP contribution in [0, 0.1) is 0 Å². The first-order valence-electron chi connectivity index (χ1n) is 5.86. The molecule has 1 amide bonds. The normalized spacial score (nSPS) is 26.9. The highest BCUT2D eigenvalue weighted by molar-refractivity contribution is 7.91. The topological polar surface area (TPSA) is 91.8 Å². The molecule has 0 aromatic heterocycles. The molecule has 0 radical (unpaired) electrons. The molecule has 0 aliphatic carbocycles. The number of hydrogen-bond acceptors (Lipinski definition) is 4. The van der Waals surface area contributed by atoms with Crippen molar-refractivity contribution in [1.82, 2.24) is 4.90 Å². The van der Waals surface area contributed by atoms with E-state index in [0.29, 0.717) is 0 Å². The average molecular weight is 277 g/mol. The first-order chi connectivity index (χ1) is 8.12. The van der Waals surface area contributed by atoms with Crippen molar-refractivity contribution < 1.29 is 23.1 Å². The molecule has 0 saturated carbocycles. The predicted octanol–water partition coefficient (Wildman–Crippen LogP) is 0.275. The van der Waals surface area contributed by atoms with E-state index in [-0.39, 0.29) is 24.6 Å². The highest BCUT2D eigenvalue weighted by atomic mass is 32.2. The van der Waals surface area contributed by atoms with Gasteiger partial charge < -0.3 is 10.0 Å². The second kappa shape index (κ2) is 4.87. The molecular weight excluding hydrogens is 258 g/mol. The van der Waals surface area contributed by atoms with Gasteiger partial charge in [-0.25, -0.2) is 13.2 Å². The quantitative estimate of drug-likeness (QED) is 0.799. The van der Waals surface area contributed by atoms with E-state index in [2.05, 4.69) is 0 Å². The van der Waals surface area contributed by atoms with Crippen molar-refractivity contribution in [3.63, 3.8) is 0 Å². The monoisotopic (exact) mass is 277 g/mol.